The summed E-state index contributed by atoms with van der Waals surface area (Å²) < 4.78 is 5.78. The molecule has 0 bridgehead atoms. The van der Waals surface area contributed by atoms with E-state index in [1.807, 2.05) is 103 Å². The first-order valence-corrected chi connectivity index (χ1v) is 14.6. The van der Waals surface area contributed by atoms with E-state index in [1.165, 1.54) is 0 Å². The Balaban J connectivity index is 1.48. The molecule has 7 heteroatoms. The number of amides is 2. The fraction of sp³-hybridized carbons (Fsp3) is 0.343. The van der Waals surface area contributed by atoms with Crippen LogP contribution in [-0.4, -0.2) is 48.2 Å². The third-order valence-electron chi connectivity index (χ3n) is 7.48. The number of esters is 1. The lowest BCUT2D eigenvalue weighted by Gasteiger charge is -2.25. The number of allylic oxidation sites excluding steroid dienone is 2. The second-order valence-electron chi connectivity index (χ2n) is 10.9. The highest BCUT2D eigenvalue weighted by Crippen LogP contribution is 2.19. The largest absolute Gasteiger partial charge is 0.463 e. The standard InChI is InChI=1S/C35H40N2O5/c38-24-31(21-27-14-6-2-7-15-27)36-33(39)23-29-18-10-11-19-30(20-26-12-4-1-5-13-26)35(41)42-25-32(37-34(29)40)22-28-16-8-3-9-17-28/h1-17,29-32,38H,18-25H2,(H,36,39)(H,37,40)/t29-,30-,31+,32+/m1/s1. The predicted octanol–water partition coefficient (Wildman–Crippen LogP) is 4.19. The third kappa shape index (κ3) is 10.00. The van der Waals surface area contributed by atoms with Gasteiger partial charge in [0.2, 0.25) is 11.8 Å². The van der Waals surface area contributed by atoms with Gasteiger partial charge in [0.25, 0.3) is 0 Å². The Bertz CT molecular complexity index is 1300. The maximum atomic E-state index is 13.5. The van der Waals surface area contributed by atoms with Crippen LogP contribution in [0.4, 0.5) is 0 Å². The van der Waals surface area contributed by atoms with Gasteiger partial charge in [-0.2, -0.15) is 0 Å². The second kappa shape index (κ2) is 16.3. The number of aliphatic hydroxyl groups is 1. The maximum Gasteiger partial charge on any atom is 0.309 e. The van der Waals surface area contributed by atoms with Gasteiger partial charge in [-0.1, -0.05) is 103 Å². The molecule has 0 saturated carbocycles. The molecule has 0 aliphatic carbocycles. The van der Waals surface area contributed by atoms with Gasteiger partial charge in [0.05, 0.1) is 30.5 Å². The summed E-state index contributed by atoms with van der Waals surface area (Å²) >= 11 is 0. The highest BCUT2D eigenvalue weighted by Gasteiger charge is 2.27. The molecule has 3 aromatic rings. The third-order valence-corrected chi connectivity index (χ3v) is 7.48. The van der Waals surface area contributed by atoms with Crippen LogP contribution in [0.25, 0.3) is 0 Å². The van der Waals surface area contributed by atoms with Crippen LogP contribution in [-0.2, 0) is 38.4 Å². The van der Waals surface area contributed by atoms with E-state index in [0.717, 1.165) is 16.7 Å². The van der Waals surface area contributed by atoms with Crippen LogP contribution in [0.2, 0.25) is 0 Å². The molecule has 2 amide bonds. The topological polar surface area (TPSA) is 105 Å². The van der Waals surface area contributed by atoms with Crippen LogP contribution < -0.4 is 10.6 Å². The van der Waals surface area contributed by atoms with E-state index < -0.39 is 18.0 Å². The predicted molar refractivity (Wildman–Crippen MR) is 162 cm³/mol. The molecule has 220 valence electrons. The van der Waals surface area contributed by atoms with Crippen molar-refractivity contribution in [3.05, 3.63) is 120 Å². The van der Waals surface area contributed by atoms with Crippen molar-refractivity contribution in [2.75, 3.05) is 13.2 Å². The van der Waals surface area contributed by atoms with E-state index >= 15 is 0 Å². The summed E-state index contributed by atoms with van der Waals surface area (Å²) in [5.41, 5.74) is 3.07. The van der Waals surface area contributed by atoms with E-state index in [9.17, 15) is 19.5 Å². The Kier molecular flexibility index (Phi) is 11.9. The van der Waals surface area contributed by atoms with Gasteiger partial charge in [-0.05, 0) is 48.8 Å². The summed E-state index contributed by atoms with van der Waals surface area (Å²) in [5.74, 6) is -1.82. The van der Waals surface area contributed by atoms with Gasteiger partial charge < -0.3 is 20.5 Å². The number of cyclic esters (lactones) is 1. The van der Waals surface area contributed by atoms with E-state index in [0.29, 0.717) is 32.1 Å². The average Bonchev–Trinajstić information content (AvgIpc) is 3.01. The molecule has 0 radical (unpaired) electrons. The zero-order valence-electron chi connectivity index (χ0n) is 23.9. The van der Waals surface area contributed by atoms with Crippen LogP contribution in [0.15, 0.2) is 103 Å². The zero-order chi connectivity index (χ0) is 29.6. The number of nitrogens with one attached hydrogen (secondary N) is 2. The van der Waals surface area contributed by atoms with Crippen molar-refractivity contribution in [1.82, 2.24) is 10.6 Å². The van der Waals surface area contributed by atoms with Gasteiger partial charge in [0.15, 0.2) is 0 Å². The number of ether oxygens (including phenoxy) is 1. The molecule has 0 unspecified atom stereocenters. The minimum Gasteiger partial charge on any atom is -0.463 e. The summed E-state index contributed by atoms with van der Waals surface area (Å²) in [6.07, 6.45) is 6.12. The maximum absolute atomic E-state index is 13.5. The van der Waals surface area contributed by atoms with Crippen molar-refractivity contribution in [3.63, 3.8) is 0 Å². The molecule has 0 fully saturated rings. The van der Waals surface area contributed by atoms with Crippen LogP contribution in [0, 0.1) is 11.8 Å². The minimum atomic E-state index is -0.613. The van der Waals surface area contributed by atoms with Crippen molar-refractivity contribution >= 4 is 17.8 Å². The van der Waals surface area contributed by atoms with Crippen molar-refractivity contribution in [1.29, 1.82) is 0 Å². The number of aliphatic hydroxyl groups excluding tert-OH is 1. The van der Waals surface area contributed by atoms with E-state index in [2.05, 4.69) is 10.6 Å². The fourth-order valence-electron chi connectivity index (χ4n) is 5.21. The smallest absolute Gasteiger partial charge is 0.309 e. The van der Waals surface area contributed by atoms with Gasteiger partial charge >= 0.3 is 5.97 Å². The van der Waals surface area contributed by atoms with Crippen molar-refractivity contribution in [2.24, 2.45) is 11.8 Å². The second-order valence-corrected chi connectivity index (χ2v) is 10.9. The molecule has 0 aromatic heterocycles. The van der Waals surface area contributed by atoms with Crippen molar-refractivity contribution in [3.8, 4) is 0 Å². The van der Waals surface area contributed by atoms with Gasteiger partial charge in [-0.15, -0.1) is 0 Å². The molecule has 3 aromatic carbocycles. The van der Waals surface area contributed by atoms with E-state index in [-0.39, 0.29) is 43.3 Å². The lowest BCUT2D eigenvalue weighted by Crippen LogP contribution is -2.46. The number of hydrogen-bond donors (Lipinski definition) is 3. The van der Waals surface area contributed by atoms with Crippen LogP contribution in [0.3, 0.4) is 0 Å². The molecule has 42 heavy (non-hydrogen) atoms. The van der Waals surface area contributed by atoms with Crippen LogP contribution in [0.5, 0.6) is 0 Å². The summed E-state index contributed by atoms with van der Waals surface area (Å²) in [7, 11) is 0. The number of carbonyl (C=O) groups excluding carboxylic acids is 3. The molecular formula is C35H40N2O5. The molecule has 4 atom stereocenters. The summed E-state index contributed by atoms with van der Waals surface area (Å²) in [5, 5.41) is 15.8. The van der Waals surface area contributed by atoms with Crippen molar-refractivity contribution in [2.45, 2.75) is 50.6 Å². The van der Waals surface area contributed by atoms with Crippen molar-refractivity contribution < 1.29 is 24.2 Å². The summed E-state index contributed by atoms with van der Waals surface area (Å²) in [4.78, 5) is 39.7. The highest BCUT2D eigenvalue weighted by molar-refractivity contribution is 5.86. The number of benzene rings is 3. The van der Waals surface area contributed by atoms with E-state index in [1.54, 1.807) is 0 Å². The number of carbonyl (C=O) groups is 3. The molecule has 0 saturated heterocycles. The van der Waals surface area contributed by atoms with Gasteiger partial charge in [-0.25, -0.2) is 0 Å². The van der Waals surface area contributed by atoms with Gasteiger partial charge in [0, 0.05) is 6.42 Å². The highest BCUT2D eigenvalue weighted by atomic mass is 16.5. The first-order chi connectivity index (χ1) is 20.5. The summed E-state index contributed by atoms with van der Waals surface area (Å²) in [6, 6.07) is 28.3. The Hall–Kier alpha value is -4.23. The van der Waals surface area contributed by atoms with Gasteiger partial charge in [0.1, 0.15) is 6.61 Å². The first-order valence-electron chi connectivity index (χ1n) is 14.6. The average molecular weight is 569 g/mol. The Morgan fingerprint density at radius 1 is 0.810 bits per heavy atom. The molecule has 0 spiro atoms. The molecule has 7 nitrogen and oxygen atoms in total. The van der Waals surface area contributed by atoms with Gasteiger partial charge in [-0.3, -0.25) is 14.4 Å². The number of hydrogen-bond acceptors (Lipinski definition) is 5. The number of rotatable bonds is 10. The fourth-order valence-corrected chi connectivity index (χ4v) is 5.21. The lowest BCUT2D eigenvalue weighted by atomic mass is 9.94. The Morgan fingerprint density at radius 3 is 1.95 bits per heavy atom. The monoisotopic (exact) mass is 568 g/mol. The molecule has 1 aliphatic rings. The minimum absolute atomic E-state index is 0.0211. The van der Waals surface area contributed by atoms with E-state index in [4.69, 9.17) is 4.74 Å². The Labute approximate surface area is 248 Å². The normalized spacial score (nSPS) is 20.4. The molecule has 3 N–H and O–H groups in total. The molecule has 4 rings (SSSR count). The molecular weight excluding hydrogens is 528 g/mol. The SMILES string of the molecule is O=C(C[C@H]1CC=CC[C@H](Cc2ccccc2)C(=O)OC[C@H](Cc2ccccc2)NC1=O)N[C@H](CO)Cc1ccccc1. The molecule has 1 aliphatic heterocycles. The summed E-state index contributed by atoms with van der Waals surface area (Å²) in [6.45, 7) is -0.165. The zero-order valence-corrected chi connectivity index (χ0v) is 23.9. The van der Waals surface area contributed by atoms with Crippen LogP contribution in [0.1, 0.15) is 36.0 Å². The van der Waals surface area contributed by atoms with Crippen LogP contribution >= 0.6 is 0 Å². The molecule has 1 heterocycles. The quantitative estimate of drug-likeness (QED) is 0.251. The first kappa shape index (κ1) is 30.7. The Morgan fingerprint density at radius 2 is 1.36 bits per heavy atom. The lowest BCUT2D eigenvalue weighted by molar-refractivity contribution is -0.150.